The van der Waals surface area contributed by atoms with Crippen LogP contribution in [-0.2, 0) is 0 Å². The molecule has 0 aliphatic rings. The van der Waals surface area contributed by atoms with Gasteiger partial charge in [-0.2, -0.15) is 0 Å². The zero-order chi connectivity index (χ0) is 14.7. The molecule has 0 aliphatic carbocycles. The predicted molar refractivity (Wildman–Crippen MR) is 91.8 cm³/mol. The van der Waals surface area contributed by atoms with Gasteiger partial charge in [0.05, 0.1) is 5.52 Å². The first kappa shape index (κ1) is 14.2. The molecule has 1 aromatic carbocycles. The van der Waals surface area contributed by atoms with Crippen LogP contribution in [0.3, 0.4) is 0 Å². The molecule has 3 rings (SSSR count). The first-order valence-corrected chi connectivity index (χ1v) is 8.28. The molecule has 1 unspecified atom stereocenters. The number of rotatable bonds is 5. The molecular weight excluding hydrogens is 276 g/mol. The zero-order valence-corrected chi connectivity index (χ0v) is 13.3. The van der Waals surface area contributed by atoms with Crippen LogP contribution in [0.4, 0.5) is 0 Å². The van der Waals surface area contributed by atoms with E-state index in [0.717, 1.165) is 12.1 Å². The number of pyridine rings is 1. The Hall–Kier alpha value is -1.71. The number of hydrogen-bond donors (Lipinski definition) is 1. The summed E-state index contributed by atoms with van der Waals surface area (Å²) in [6, 6.07) is 15.5. The standard InChI is InChI=1S/C18H20N2S/c1-3-10-19-13(2)17-8-9-18(21-17)15-6-7-16-14(12-15)5-4-11-20-16/h4-9,11-13,19H,3,10H2,1-2H3. The summed E-state index contributed by atoms with van der Waals surface area (Å²) in [6.07, 6.45) is 3.01. The molecule has 0 fully saturated rings. The molecule has 0 spiro atoms. The van der Waals surface area contributed by atoms with Crippen LogP contribution < -0.4 is 5.32 Å². The average molecular weight is 296 g/mol. The Bertz CT molecular complexity index is 733. The summed E-state index contributed by atoms with van der Waals surface area (Å²) in [5.74, 6) is 0. The molecule has 3 heteroatoms. The average Bonchev–Trinajstić information content (AvgIpc) is 3.02. The summed E-state index contributed by atoms with van der Waals surface area (Å²) in [7, 11) is 0. The fourth-order valence-electron chi connectivity index (χ4n) is 2.43. The minimum atomic E-state index is 0.422. The summed E-state index contributed by atoms with van der Waals surface area (Å²) < 4.78 is 0. The van der Waals surface area contributed by atoms with Crippen molar-refractivity contribution in [2.45, 2.75) is 26.3 Å². The van der Waals surface area contributed by atoms with E-state index in [9.17, 15) is 0 Å². The van der Waals surface area contributed by atoms with Gasteiger partial charge in [0.2, 0.25) is 0 Å². The Balaban J connectivity index is 1.87. The van der Waals surface area contributed by atoms with Crippen molar-refractivity contribution in [2.24, 2.45) is 0 Å². The second-order valence-corrected chi connectivity index (χ2v) is 6.40. The van der Waals surface area contributed by atoms with E-state index in [2.05, 4.69) is 60.5 Å². The van der Waals surface area contributed by atoms with Gasteiger partial charge in [-0.1, -0.05) is 19.1 Å². The first-order chi connectivity index (χ1) is 10.3. The van der Waals surface area contributed by atoms with Gasteiger partial charge in [0, 0.05) is 27.4 Å². The molecule has 0 saturated carbocycles. The molecule has 1 atom stereocenters. The molecule has 2 aromatic heterocycles. The van der Waals surface area contributed by atoms with Gasteiger partial charge >= 0.3 is 0 Å². The molecule has 0 aliphatic heterocycles. The maximum Gasteiger partial charge on any atom is 0.0702 e. The van der Waals surface area contributed by atoms with E-state index in [1.807, 2.05) is 23.6 Å². The van der Waals surface area contributed by atoms with Crippen LogP contribution in [0.1, 0.15) is 31.2 Å². The highest BCUT2D eigenvalue weighted by molar-refractivity contribution is 7.15. The van der Waals surface area contributed by atoms with E-state index in [1.165, 1.54) is 27.1 Å². The third-order valence-electron chi connectivity index (χ3n) is 3.64. The van der Waals surface area contributed by atoms with Crippen LogP contribution in [0, 0.1) is 0 Å². The molecule has 1 N–H and O–H groups in total. The van der Waals surface area contributed by atoms with Gasteiger partial charge in [0.15, 0.2) is 0 Å². The number of hydrogen-bond acceptors (Lipinski definition) is 3. The highest BCUT2D eigenvalue weighted by Gasteiger charge is 2.09. The molecule has 0 amide bonds. The van der Waals surface area contributed by atoms with E-state index in [4.69, 9.17) is 0 Å². The second-order valence-electron chi connectivity index (χ2n) is 5.29. The Labute approximate surface area is 129 Å². The highest BCUT2D eigenvalue weighted by atomic mass is 32.1. The van der Waals surface area contributed by atoms with E-state index in [0.29, 0.717) is 6.04 Å². The van der Waals surface area contributed by atoms with Gasteiger partial charge in [0.25, 0.3) is 0 Å². The second kappa shape index (κ2) is 6.37. The van der Waals surface area contributed by atoms with E-state index in [1.54, 1.807) is 0 Å². The Morgan fingerprint density at radius 3 is 2.95 bits per heavy atom. The van der Waals surface area contributed by atoms with Crippen molar-refractivity contribution in [1.82, 2.24) is 10.3 Å². The number of thiophene rings is 1. The van der Waals surface area contributed by atoms with E-state index in [-0.39, 0.29) is 0 Å². The molecule has 108 valence electrons. The molecule has 2 heterocycles. The van der Waals surface area contributed by atoms with Crippen LogP contribution in [0.15, 0.2) is 48.7 Å². The Kier molecular flexibility index (Phi) is 4.32. The maximum absolute atomic E-state index is 4.38. The molecule has 0 saturated heterocycles. The molecule has 0 bridgehead atoms. The first-order valence-electron chi connectivity index (χ1n) is 7.46. The number of nitrogens with zero attached hydrogens (tertiary/aromatic N) is 1. The van der Waals surface area contributed by atoms with Crippen molar-refractivity contribution in [3.05, 3.63) is 53.5 Å². The molecule has 2 nitrogen and oxygen atoms in total. The SMILES string of the molecule is CCCNC(C)c1ccc(-c2ccc3ncccc3c2)s1. The minimum Gasteiger partial charge on any atom is -0.309 e. The Morgan fingerprint density at radius 2 is 2.10 bits per heavy atom. The quantitative estimate of drug-likeness (QED) is 0.714. The van der Waals surface area contributed by atoms with Crippen molar-refractivity contribution in [3.8, 4) is 10.4 Å². The van der Waals surface area contributed by atoms with Crippen LogP contribution >= 0.6 is 11.3 Å². The number of aromatic nitrogens is 1. The van der Waals surface area contributed by atoms with Crippen LogP contribution in [0.5, 0.6) is 0 Å². The van der Waals surface area contributed by atoms with Gasteiger partial charge in [-0.25, -0.2) is 0 Å². The summed E-state index contributed by atoms with van der Waals surface area (Å²) >= 11 is 1.87. The molecule has 21 heavy (non-hydrogen) atoms. The van der Waals surface area contributed by atoms with E-state index >= 15 is 0 Å². The lowest BCUT2D eigenvalue weighted by molar-refractivity contribution is 0.578. The van der Waals surface area contributed by atoms with E-state index < -0.39 is 0 Å². The normalized spacial score (nSPS) is 12.7. The lowest BCUT2D eigenvalue weighted by Crippen LogP contribution is -2.18. The van der Waals surface area contributed by atoms with Gasteiger partial charge in [-0.05, 0) is 55.8 Å². The van der Waals surface area contributed by atoms with Gasteiger partial charge in [-0.15, -0.1) is 11.3 Å². The van der Waals surface area contributed by atoms with Crippen molar-refractivity contribution in [3.63, 3.8) is 0 Å². The topological polar surface area (TPSA) is 24.9 Å². The molecule has 0 radical (unpaired) electrons. The largest absolute Gasteiger partial charge is 0.309 e. The predicted octanol–water partition coefficient (Wildman–Crippen LogP) is 5.02. The zero-order valence-electron chi connectivity index (χ0n) is 12.5. The third-order valence-corrected chi connectivity index (χ3v) is 4.96. The van der Waals surface area contributed by atoms with Gasteiger partial charge < -0.3 is 5.32 Å². The summed E-state index contributed by atoms with van der Waals surface area (Å²) in [6.45, 7) is 5.49. The molecular formula is C18H20N2S. The minimum absolute atomic E-state index is 0.422. The Morgan fingerprint density at radius 1 is 1.19 bits per heavy atom. The van der Waals surface area contributed by atoms with Crippen LogP contribution in [0.2, 0.25) is 0 Å². The fourth-order valence-corrected chi connectivity index (χ4v) is 3.46. The monoisotopic (exact) mass is 296 g/mol. The number of fused-ring (bicyclic) bond motifs is 1. The smallest absolute Gasteiger partial charge is 0.0702 e. The van der Waals surface area contributed by atoms with Crippen molar-refractivity contribution < 1.29 is 0 Å². The summed E-state index contributed by atoms with van der Waals surface area (Å²) in [5, 5.41) is 4.74. The number of benzene rings is 1. The fraction of sp³-hybridized carbons (Fsp3) is 0.278. The third kappa shape index (κ3) is 3.14. The lowest BCUT2D eigenvalue weighted by Gasteiger charge is -2.10. The summed E-state index contributed by atoms with van der Waals surface area (Å²) in [4.78, 5) is 7.09. The molecule has 3 aromatic rings. The van der Waals surface area contributed by atoms with Crippen molar-refractivity contribution in [2.75, 3.05) is 6.54 Å². The van der Waals surface area contributed by atoms with Crippen LogP contribution in [-0.4, -0.2) is 11.5 Å². The number of nitrogens with one attached hydrogen (secondary N) is 1. The van der Waals surface area contributed by atoms with Crippen molar-refractivity contribution in [1.29, 1.82) is 0 Å². The summed E-state index contributed by atoms with van der Waals surface area (Å²) in [5.41, 5.74) is 2.32. The van der Waals surface area contributed by atoms with Gasteiger partial charge in [0.1, 0.15) is 0 Å². The lowest BCUT2D eigenvalue weighted by atomic mass is 10.1. The highest BCUT2D eigenvalue weighted by Crippen LogP contribution is 2.32. The van der Waals surface area contributed by atoms with Crippen molar-refractivity contribution >= 4 is 22.2 Å². The maximum atomic E-state index is 4.38. The van der Waals surface area contributed by atoms with Crippen LogP contribution in [0.25, 0.3) is 21.3 Å². The van der Waals surface area contributed by atoms with Gasteiger partial charge in [-0.3, -0.25) is 4.98 Å².